The summed E-state index contributed by atoms with van der Waals surface area (Å²) in [5.41, 5.74) is 4.11. The molecule has 4 heteroatoms. The van der Waals surface area contributed by atoms with Crippen LogP contribution in [-0.2, 0) is 11.2 Å². The van der Waals surface area contributed by atoms with Gasteiger partial charge >= 0.3 is 0 Å². The van der Waals surface area contributed by atoms with E-state index in [0.29, 0.717) is 11.5 Å². The van der Waals surface area contributed by atoms with Crippen LogP contribution < -0.4 is 10.6 Å². The molecule has 3 aromatic carbocycles. The Labute approximate surface area is 184 Å². The summed E-state index contributed by atoms with van der Waals surface area (Å²) in [5, 5.41) is 18.1. The molecule has 2 N–H and O–H groups in total. The highest BCUT2D eigenvalue weighted by Crippen LogP contribution is 2.31. The zero-order valence-corrected chi connectivity index (χ0v) is 18.2. The second-order valence-electron chi connectivity index (χ2n) is 8.80. The molecular formula is C27H29N3O. The predicted molar refractivity (Wildman–Crippen MR) is 126 cm³/mol. The van der Waals surface area contributed by atoms with E-state index < -0.39 is 0 Å². The van der Waals surface area contributed by atoms with E-state index in [4.69, 9.17) is 0 Å². The first-order chi connectivity index (χ1) is 15.1. The normalized spacial score (nSPS) is 16.4. The van der Waals surface area contributed by atoms with Gasteiger partial charge in [0.25, 0.3) is 0 Å². The van der Waals surface area contributed by atoms with Crippen molar-refractivity contribution < 1.29 is 4.79 Å². The van der Waals surface area contributed by atoms with Crippen molar-refractivity contribution in [1.29, 1.82) is 5.26 Å². The summed E-state index contributed by atoms with van der Waals surface area (Å²) in [4.78, 5) is 13.4. The number of nitriles is 1. The third kappa shape index (κ3) is 4.56. The van der Waals surface area contributed by atoms with Crippen LogP contribution in [0, 0.1) is 17.2 Å². The molecule has 0 saturated heterocycles. The summed E-state index contributed by atoms with van der Waals surface area (Å²) in [7, 11) is 0. The minimum absolute atomic E-state index is 0.0313. The molecule has 0 bridgehead atoms. The SMILES string of the molecule is CC(C)C[C@H](Nc1ccc(C#N)c2ccccc12)C(=O)N[C@@H]1CCCc2ccccc21. The molecule has 158 valence electrons. The molecule has 0 aliphatic heterocycles. The summed E-state index contributed by atoms with van der Waals surface area (Å²) in [6.07, 6.45) is 3.86. The fraction of sp³-hybridized carbons (Fsp3) is 0.333. The first kappa shape index (κ1) is 20.9. The van der Waals surface area contributed by atoms with Crippen LogP contribution in [0.1, 0.15) is 55.8 Å². The van der Waals surface area contributed by atoms with Crippen molar-refractivity contribution in [2.24, 2.45) is 5.92 Å². The highest BCUT2D eigenvalue weighted by molar-refractivity contribution is 5.99. The van der Waals surface area contributed by atoms with Crippen LogP contribution in [0.25, 0.3) is 10.8 Å². The van der Waals surface area contributed by atoms with E-state index in [0.717, 1.165) is 42.1 Å². The van der Waals surface area contributed by atoms with Gasteiger partial charge in [-0.05, 0) is 54.9 Å². The fourth-order valence-corrected chi connectivity index (χ4v) is 4.59. The fourth-order valence-electron chi connectivity index (χ4n) is 4.59. The number of nitrogens with zero attached hydrogens (tertiary/aromatic N) is 1. The Morgan fingerprint density at radius 1 is 1.06 bits per heavy atom. The van der Waals surface area contributed by atoms with Gasteiger partial charge in [0.05, 0.1) is 17.7 Å². The molecule has 0 saturated carbocycles. The van der Waals surface area contributed by atoms with Crippen LogP contribution in [-0.4, -0.2) is 11.9 Å². The first-order valence-corrected chi connectivity index (χ1v) is 11.1. The topological polar surface area (TPSA) is 64.9 Å². The Morgan fingerprint density at radius 3 is 2.58 bits per heavy atom. The lowest BCUT2D eigenvalue weighted by molar-refractivity contribution is -0.123. The van der Waals surface area contributed by atoms with Crippen LogP contribution in [0.5, 0.6) is 0 Å². The molecule has 1 aliphatic carbocycles. The van der Waals surface area contributed by atoms with Crippen molar-refractivity contribution in [3.63, 3.8) is 0 Å². The summed E-state index contributed by atoms with van der Waals surface area (Å²) in [6.45, 7) is 4.27. The highest BCUT2D eigenvalue weighted by atomic mass is 16.2. The van der Waals surface area contributed by atoms with Gasteiger partial charge in [-0.15, -0.1) is 0 Å². The molecule has 0 spiro atoms. The van der Waals surface area contributed by atoms with Crippen molar-refractivity contribution in [1.82, 2.24) is 5.32 Å². The maximum absolute atomic E-state index is 13.4. The second kappa shape index (κ2) is 9.22. The van der Waals surface area contributed by atoms with Gasteiger partial charge in [0.1, 0.15) is 6.04 Å². The van der Waals surface area contributed by atoms with Crippen molar-refractivity contribution >= 4 is 22.4 Å². The van der Waals surface area contributed by atoms with Crippen LogP contribution in [0.4, 0.5) is 5.69 Å². The number of nitrogens with one attached hydrogen (secondary N) is 2. The summed E-state index contributed by atoms with van der Waals surface area (Å²) < 4.78 is 0. The van der Waals surface area contributed by atoms with E-state index in [2.05, 4.69) is 54.8 Å². The zero-order chi connectivity index (χ0) is 21.8. The van der Waals surface area contributed by atoms with Crippen molar-refractivity contribution in [3.8, 4) is 6.07 Å². The number of aryl methyl sites for hydroxylation is 1. The van der Waals surface area contributed by atoms with Gasteiger partial charge in [0.2, 0.25) is 5.91 Å². The van der Waals surface area contributed by atoms with Crippen molar-refractivity contribution in [2.75, 3.05) is 5.32 Å². The minimum Gasteiger partial charge on any atom is -0.373 e. The molecule has 4 rings (SSSR count). The molecule has 0 aromatic heterocycles. The molecule has 1 amide bonds. The van der Waals surface area contributed by atoms with Gasteiger partial charge in [-0.25, -0.2) is 0 Å². The monoisotopic (exact) mass is 411 g/mol. The minimum atomic E-state index is -0.342. The van der Waals surface area contributed by atoms with Crippen molar-refractivity contribution in [3.05, 3.63) is 77.4 Å². The number of hydrogen-bond acceptors (Lipinski definition) is 3. The molecule has 0 radical (unpaired) electrons. The van der Waals surface area contributed by atoms with E-state index in [-0.39, 0.29) is 18.0 Å². The Hall–Kier alpha value is -3.32. The molecule has 0 unspecified atom stereocenters. The third-order valence-corrected chi connectivity index (χ3v) is 6.08. The number of rotatable bonds is 6. The Bertz CT molecular complexity index is 1130. The van der Waals surface area contributed by atoms with Gasteiger partial charge in [-0.3, -0.25) is 4.79 Å². The number of anilines is 1. The van der Waals surface area contributed by atoms with Gasteiger partial charge in [0.15, 0.2) is 0 Å². The first-order valence-electron chi connectivity index (χ1n) is 11.1. The van der Waals surface area contributed by atoms with Crippen LogP contribution in [0.15, 0.2) is 60.7 Å². The molecule has 0 heterocycles. The Balaban J connectivity index is 1.60. The lowest BCUT2D eigenvalue weighted by atomic mass is 9.87. The van der Waals surface area contributed by atoms with Crippen LogP contribution >= 0.6 is 0 Å². The summed E-state index contributed by atoms with van der Waals surface area (Å²) >= 11 is 0. The summed E-state index contributed by atoms with van der Waals surface area (Å²) in [5.74, 6) is 0.399. The maximum Gasteiger partial charge on any atom is 0.242 e. The molecule has 1 aliphatic rings. The van der Waals surface area contributed by atoms with Gasteiger partial charge < -0.3 is 10.6 Å². The standard InChI is InChI=1S/C27H29N3O/c1-18(2)16-26(27(31)30-24-13-7-9-19-8-3-4-11-22(19)24)29-25-15-14-20(17-28)21-10-5-6-12-23(21)25/h3-6,8,10-12,14-15,18,24,26,29H,7,9,13,16H2,1-2H3,(H,30,31)/t24-,26+/m1/s1. The number of amides is 1. The number of hydrogen-bond donors (Lipinski definition) is 2. The molecule has 0 fully saturated rings. The van der Waals surface area contributed by atoms with E-state index in [1.54, 1.807) is 0 Å². The molecule has 3 aromatic rings. The number of benzene rings is 3. The zero-order valence-electron chi connectivity index (χ0n) is 18.2. The van der Waals surface area contributed by atoms with Crippen molar-refractivity contribution in [2.45, 2.75) is 51.6 Å². The van der Waals surface area contributed by atoms with E-state index in [1.165, 1.54) is 11.1 Å². The largest absolute Gasteiger partial charge is 0.373 e. The second-order valence-corrected chi connectivity index (χ2v) is 8.80. The third-order valence-electron chi connectivity index (χ3n) is 6.08. The molecular weight excluding hydrogens is 382 g/mol. The van der Waals surface area contributed by atoms with Crippen LogP contribution in [0.3, 0.4) is 0 Å². The van der Waals surface area contributed by atoms with E-state index in [9.17, 15) is 10.1 Å². The van der Waals surface area contributed by atoms with Gasteiger partial charge in [-0.2, -0.15) is 5.26 Å². The Kier molecular flexibility index (Phi) is 6.23. The highest BCUT2D eigenvalue weighted by Gasteiger charge is 2.26. The lowest BCUT2D eigenvalue weighted by Gasteiger charge is -2.29. The number of fused-ring (bicyclic) bond motifs is 2. The lowest BCUT2D eigenvalue weighted by Crippen LogP contribution is -2.43. The van der Waals surface area contributed by atoms with Gasteiger partial charge in [-0.1, -0.05) is 62.4 Å². The van der Waals surface area contributed by atoms with E-state index in [1.807, 2.05) is 36.4 Å². The molecule has 31 heavy (non-hydrogen) atoms. The Morgan fingerprint density at radius 2 is 1.81 bits per heavy atom. The average Bonchev–Trinajstić information content (AvgIpc) is 2.78. The summed E-state index contributed by atoms with van der Waals surface area (Å²) in [6, 6.07) is 22.0. The quantitative estimate of drug-likeness (QED) is 0.544. The number of carbonyl (C=O) groups is 1. The van der Waals surface area contributed by atoms with Gasteiger partial charge in [0, 0.05) is 16.5 Å². The maximum atomic E-state index is 13.4. The predicted octanol–water partition coefficient (Wildman–Crippen LogP) is 5.73. The number of carbonyl (C=O) groups excluding carboxylic acids is 1. The van der Waals surface area contributed by atoms with E-state index >= 15 is 0 Å². The van der Waals surface area contributed by atoms with Crippen LogP contribution in [0.2, 0.25) is 0 Å². The average molecular weight is 412 g/mol. The molecule has 2 atom stereocenters. The smallest absolute Gasteiger partial charge is 0.242 e. The molecule has 4 nitrogen and oxygen atoms in total.